The van der Waals surface area contributed by atoms with Gasteiger partial charge in [-0.1, -0.05) is 54.9 Å². The molecular weight excluding hydrogens is 448 g/mol. The van der Waals surface area contributed by atoms with E-state index in [9.17, 15) is 14.7 Å². The Balaban J connectivity index is 2.50. The molecule has 0 radical (unpaired) electrons. The largest absolute Gasteiger partial charge is 0.462 e. The lowest BCUT2D eigenvalue weighted by atomic mass is 9.46. The van der Waals surface area contributed by atoms with Crippen LogP contribution in [0.15, 0.2) is 24.8 Å². The lowest BCUT2D eigenvalue weighted by Gasteiger charge is -2.61. The van der Waals surface area contributed by atoms with E-state index in [1.54, 1.807) is 6.92 Å². The second-order valence-electron chi connectivity index (χ2n) is 10.1. The predicted octanol–water partition coefficient (Wildman–Crippen LogP) is 4.96. The third kappa shape index (κ3) is 4.69. The SMILES string of the molecule is C=CC(C)(O)C(C[C@@H]1C(=C)C[C@@H](OC(C)=O)[C@H]2C(C)(C)[C@@H](Br)CC[C@]12C)OC(C)=O. The van der Waals surface area contributed by atoms with Crippen LogP contribution in [0.5, 0.6) is 0 Å². The Bertz CT molecular complexity index is 712. The number of fused-ring (bicyclic) bond motifs is 1. The smallest absolute Gasteiger partial charge is 0.303 e. The third-order valence-electron chi connectivity index (χ3n) is 7.52. The van der Waals surface area contributed by atoms with Gasteiger partial charge in [-0.3, -0.25) is 9.59 Å². The van der Waals surface area contributed by atoms with Gasteiger partial charge in [0, 0.05) is 31.0 Å². The van der Waals surface area contributed by atoms with Gasteiger partial charge in [0.2, 0.25) is 0 Å². The molecule has 0 bridgehead atoms. The summed E-state index contributed by atoms with van der Waals surface area (Å²) in [6.45, 7) is 19.2. The summed E-state index contributed by atoms with van der Waals surface area (Å²) >= 11 is 3.87. The van der Waals surface area contributed by atoms with Crippen molar-refractivity contribution in [2.24, 2.45) is 22.7 Å². The Morgan fingerprint density at radius 2 is 1.93 bits per heavy atom. The van der Waals surface area contributed by atoms with Crippen molar-refractivity contribution >= 4 is 27.9 Å². The Kier molecular flexibility index (Phi) is 7.35. The average molecular weight is 485 g/mol. The van der Waals surface area contributed by atoms with E-state index in [1.165, 1.54) is 19.9 Å². The summed E-state index contributed by atoms with van der Waals surface area (Å²) in [6.07, 6.45) is 3.35. The van der Waals surface area contributed by atoms with Crippen LogP contribution in [0.2, 0.25) is 0 Å². The van der Waals surface area contributed by atoms with Crippen molar-refractivity contribution in [1.82, 2.24) is 0 Å². The van der Waals surface area contributed by atoms with Gasteiger partial charge in [-0.2, -0.15) is 0 Å². The number of aliphatic hydroxyl groups is 1. The number of hydrogen-bond acceptors (Lipinski definition) is 5. The van der Waals surface area contributed by atoms with Crippen LogP contribution in [0.1, 0.15) is 67.2 Å². The third-order valence-corrected chi connectivity index (χ3v) is 9.16. The second kappa shape index (κ2) is 8.78. The summed E-state index contributed by atoms with van der Waals surface area (Å²) in [5.74, 6) is -0.625. The number of hydrogen-bond donors (Lipinski definition) is 1. The molecule has 2 aliphatic rings. The van der Waals surface area contributed by atoms with Crippen LogP contribution >= 0.6 is 15.9 Å². The molecule has 5 nitrogen and oxygen atoms in total. The van der Waals surface area contributed by atoms with E-state index in [2.05, 4.69) is 49.9 Å². The van der Waals surface area contributed by atoms with Crippen molar-refractivity contribution in [3.05, 3.63) is 24.8 Å². The molecule has 0 aromatic rings. The molecule has 0 spiro atoms. The number of halogens is 1. The fraction of sp³-hybridized carbons (Fsp3) is 0.750. The highest BCUT2D eigenvalue weighted by Gasteiger charge is 2.60. The molecule has 2 fully saturated rings. The number of esters is 2. The zero-order valence-electron chi connectivity index (χ0n) is 19.2. The van der Waals surface area contributed by atoms with Gasteiger partial charge in [-0.25, -0.2) is 0 Å². The lowest BCUT2D eigenvalue weighted by molar-refractivity contribution is -0.177. The quantitative estimate of drug-likeness (QED) is 0.327. The van der Waals surface area contributed by atoms with E-state index in [4.69, 9.17) is 9.47 Å². The summed E-state index contributed by atoms with van der Waals surface area (Å²) in [7, 11) is 0. The first kappa shape index (κ1) is 25.1. The molecule has 30 heavy (non-hydrogen) atoms. The molecule has 6 heteroatoms. The van der Waals surface area contributed by atoms with Crippen LogP contribution in [0.3, 0.4) is 0 Å². The topological polar surface area (TPSA) is 72.8 Å². The summed E-state index contributed by atoms with van der Waals surface area (Å²) in [4.78, 5) is 23.9. The molecule has 0 amide bonds. The molecule has 2 saturated carbocycles. The van der Waals surface area contributed by atoms with Gasteiger partial charge in [0.1, 0.15) is 17.8 Å². The van der Waals surface area contributed by atoms with Crippen LogP contribution in [-0.4, -0.2) is 39.7 Å². The Labute approximate surface area is 189 Å². The highest BCUT2D eigenvalue weighted by Crippen LogP contribution is 2.63. The summed E-state index contributed by atoms with van der Waals surface area (Å²) < 4.78 is 11.4. The minimum absolute atomic E-state index is 0.00404. The maximum Gasteiger partial charge on any atom is 0.303 e. The van der Waals surface area contributed by atoms with Gasteiger partial charge in [0.15, 0.2) is 0 Å². The van der Waals surface area contributed by atoms with E-state index in [1.807, 2.05) is 0 Å². The van der Waals surface area contributed by atoms with Crippen LogP contribution in [0.25, 0.3) is 0 Å². The minimum Gasteiger partial charge on any atom is -0.462 e. The van der Waals surface area contributed by atoms with E-state index in [0.717, 1.165) is 18.4 Å². The minimum atomic E-state index is -1.35. The highest BCUT2D eigenvalue weighted by molar-refractivity contribution is 9.09. The molecule has 2 unspecified atom stereocenters. The monoisotopic (exact) mass is 484 g/mol. The maximum atomic E-state index is 11.9. The molecule has 7 atom stereocenters. The first-order chi connectivity index (χ1) is 13.7. The van der Waals surface area contributed by atoms with Gasteiger partial charge >= 0.3 is 11.9 Å². The summed E-state index contributed by atoms with van der Waals surface area (Å²) in [5, 5.41) is 10.8. The maximum absolute atomic E-state index is 11.9. The first-order valence-electron chi connectivity index (χ1n) is 10.7. The van der Waals surface area contributed by atoms with Crippen LogP contribution in [0.4, 0.5) is 0 Å². The molecule has 170 valence electrons. The highest BCUT2D eigenvalue weighted by atomic mass is 79.9. The normalized spacial score (nSPS) is 36.1. The zero-order valence-corrected chi connectivity index (χ0v) is 20.8. The van der Waals surface area contributed by atoms with Gasteiger partial charge in [0.05, 0.1) is 0 Å². The summed E-state index contributed by atoms with van der Waals surface area (Å²) in [5.41, 5.74) is -0.726. The molecule has 0 aromatic heterocycles. The summed E-state index contributed by atoms with van der Waals surface area (Å²) in [6, 6.07) is 0. The number of carbonyl (C=O) groups excluding carboxylic acids is 2. The van der Waals surface area contributed by atoms with E-state index in [0.29, 0.717) is 17.7 Å². The number of rotatable bonds is 6. The molecule has 2 aliphatic carbocycles. The molecule has 0 saturated heterocycles. The van der Waals surface area contributed by atoms with Crippen molar-refractivity contribution in [2.75, 3.05) is 0 Å². The van der Waals surface area contributed by atoms with Crippen molar-refractivity contribution in [3.63, 3.8) is 0 Å². The zero-order chi connectivity index (χ0) is 23.1. The van der Waals surface area contributed by atoms with E-state index in [-0.39, 0.29) is 34.7 Å². The van der Waals surface area contributed by atoms with Crippen LogP contribution < -0.4 is 0 Å². The average Bonchev–Trinajstić information content (AvgIpc) is 2.59. The number of ether oxygens (including phenoxy) is 2. The van der Waals surface area contributed by atoms with Crippen molar-refractivity contribution in [1.29, 1.82) is 0 Å². The molecule has 0 aliphatic heterocycles. The van der Waals surface area contributed by atoms with Gasteiger partial charge in [-0.05, 0) is 42.9 Å². The van der Waals surface area contributed by atoms with Gasteiger partial charge in [0.25, 0.3) is 0 Å². The molecular formula is C24H37BrO5. The van der Waals surface area contributed by atoms with Crippen LogP contribution in [-0.2, 0) is 19.1 Å². The second-order valence-corrected chi connectivity index (χ2v) is 11.2. The lowest BCUT2D eigenvalue weighted by Crippen LogP contribution is -2.60. The van der Waals surface area contributed by atoms with Crippen molar-refractivity contribution < 1.29 is 24.2 Å². The van der Waals surface area contributed by atoms with Gasteiger partial charge < -0.3 is 14.6 Å². The van der Waals surface area contributed by atoms with E-state index >= 15 is 0 Å². The van der Waals surface area contributed by atoms with Crippen LogP contribution in [0, 0.1) is 22.7 Å². The van der Waals surface area contributed by atoms with Crippen molar-refractivity contribution in [3.8, 4) is 0 Å². The fourth-order valence-corrected chi connectivity index (χ4v) is 6.51. The molecule has 0 heterocycles. The molecule has 1 N–H and O–H groups in total. The Morgan fingerprint density at radius 1 is 1.33 bits per heavy atom. The fourth-order valence-electron chi connectivity index (χ4n) is 6.00. The number of alkyl halides is 1. The van der Waals surface area contributed by atoms with Gasteiger partial charge in [-0.15, -0.1) is 6.58 Å². The Hall–Kier alpha value is -1.14. The number of carbonyl (C=O) groups is 2. The Morgan fingerprint density at radius 3 is 2.43 bits per heavy atom. The first-order valence-corrected chi connectivity index (χ1v) is 11.6. The molecule has 2 rings (SSSR count). The standard InChI is InChI=1S/C24H37BrO5/c1-9-24(8,28)20(30-16(4)27)13-17-14(2)12-18(29-15(3)26)21-22(5,6)19(25)10-11-23(17,21)7/h9,17-21,28H,1-2,10-13H2,3-8H3/t17-,18-,19+,20?,21+,23-,24?/m1/s1. The molecule has 0 aromatic carbocycles. The predicted molar refractivity (Wildman–Crippen MR) is 121 cm³/mol. The van der Waals surface area contributed by atoms with E-state index < -0.39 is 17.7 Å². The van der Waals surface area contributed by atoms with Crippen molar-refractivity contribution in [2.45, 2.75) is 89.9 Å².